The molecule has 1 fully saturated rings. The van der Waals surface area contributed by atoms with Crippen LogP contribution in [0.3, 0.4) is 0 Å². The molecule has 3 aliphatic heterocycles. The third-order valence-corrected chi connectivity index (χ3v) is 6.83. The van der Waals surface area contributed by atoms with E-state index in [0.717, 1.165) is 5.84 Å². The Morgan fingerprint density at radius 1 is 1.62 bits per heavy atom. The third kappa shape index (κ3) is 3.03. The molecular formula is C14H19N3O5S2. The summed E-state index contributed by atoms with van der Waals surface area (Å²) in [5.74, 6) is -1.19. The lowest BCUT2D eigenvalue weighted by Gasteiger charge is -2.43. The molecule has 0 spiro atoms. The molecule has 0 aliphatic carbocycles. The van der Waals surface area contributed by atoms with Gasteiger partial charge in [-0.25, -0.2) is 4.79 Å². The maximum absolute atomic E-state index is 12.1. The molecule has 10 heteroatoms. The zero-order valence-corrected chi connectivity index (χ0v) is 14.9. The second-order valence-electron chi connectivity index (χ2n) is 5.77. The number of rotatable bonds is 6. The van der Waals surface area contributed by atoms with Crippen molar-refractivity contribution in [2.75, 3.05) is 26.8 Å². The number of fused-ring (bicyclic) bond motifs is 1. The average molecular weight is 373 g/mol. The van der Waals surface area contributed by atoms with Crippen LogP contribution in [0, 0.1) is 5.92 Å². The molecule has 1 amide bonds. The van der Waals surface area contributed by atoms with E-state index in [1.165, 1.54) is 28.4 Å². The fourth-order valence-electron chi connectivity index (χ4n) is 2.86. The Morgan fingerprint density at radius 2 is 2.38 bits per heavy atom. The highest BCUT2D eigenvalue weighted by atomic mass is 32.2. The Labute approximate surface area is 147 Å². The van der Waals surface area contributed by atoms with Gasteiger partial charge in [-0.05, 0) is 6.92 Å². The van der Waals surface area contributed by atoms with E-state index in [9.17, 15) is 19.8 Å². The van der Waals surface area contributed by atoms with Gasteiger partial charge in [0.15, 0.2) is 5.70 Å². The molecule has 3 heterocycles. The number of aliphatic imine (C=N–C) groups is 1. The molecule has 3 rings (SSSR count). The molecule has 0 aromatic heterocycles. The van der Waals surface area contributed by atoms with Crippen molar-refractivity contribution in [1.29, 1.82) is 0 Å². The molecule has 0 radical (unpaired) electrons. The second-order valence-corrected chi connectivity index (χ2v) is 8.46. The summed E-state index contributed by atoms with van der Waals surface area (Å²) in [7, 11) is 1.60. The third-order valence-electron chi connectivity index (χ3n) is 4.04. The molecule has 0 aromatic carbocycles. The van der Waals surface area contributed by atoms with Crippen molar-refractivity contribution in [2.24, 2.45) is 10.9 Å². The Bertz CT molecular complexity index is 622. The average Bonchev–Trinajstić information content (AvgIpc) is 2.83. The van der Waals surface area contributed by atoms with Gasteiger partial charge < -0.3 is 20.3 Å². The smallest absolute Gasteiger partial charge is 0.354 e. The van der Waals surface area contributed by atoms with Crippen molar-refractivity contribution in [3.05, 3.63) is 9.93 Å². The van der Waals surface area contributed by atoms with E-state index in [2.05, 4.69) is 10.3 Å². The first-order valence-corrected chi connectivity index (χ1v) is 9.28. The van der Waals surface area contributed by atoms with E-state index in [1.54, 1.807) is 14.0 Å². The molecule has 132 valence electrons. The highest BCUT2D eigenvalue weighted by molar-refractivity contribution is 8.23. The number of carboxylic acid groups (broad SMARTS) is 1. The number of methoxy groups -OCH3 is 1. The summed E-state index contributed by atoms with van der Waals surface area (Å²) in [6.45, 7) is 3.20. The van der Waals surface area contributed by atoms with Crippen LogP contribution in [0.4, 0.5) is 0 Å². The lowest BCUT2D eigenvalue weighted by atomic mass is 9.92. The summed E-state index contributed by atoms with van der Waals surface area (Å²) in [5, 5.41) is 22.1. The van der Waals surface area contributed by atoms with Crippen LogP contribution in [0.15, 0.2) is 14.9 Å². The quantitative estimate of drug-likeness (QED) is 0.554. The van der Waals surface area contributed by atoms with Crippen LogP contribution in [-0.4, -0.2) is 76.4 Å². The van der Waals surface area contributed by atoms with Crippen molar-refractivity contribution in [3.8, 4) is 0 Å². The molecular weight excluding hydrogens is 354 g/mol. The van der Waals surface area contributed by atoms with Crippen LogP contribution in [-0.2, 0) is 14.3 Å². The number of carbonyl (C=O) groups excluding carboxylic acids is 1. The first-order chi connectivity index (χ1) is 11.4. The van der Waals surface area contributed by atoms with Crippen LogP contribution >= 0.6 is 23.5 Å². The highest BCUT2D eigenvalue weighted by Crippen LogP contribution is 2.54. The number of carboxylic acids is 1. The minimum Gasteiger partial charge on any atom is -0.477 e. The van der Waals surface area contributed by atoms with Crippen molar-refractivity contribution in [1.82, 2.24) is 10.2 Å². The van der Waals surface area contributed by atoms with Gasteiger partial charge >= 0.3 is 5.97 Å². The van der Waals surface area contributed by atoms with Gasteiger partial charge in [0.05, 0.1) is 22.8 Å². The monoisotopic (exact) mass is 373 g/mol. The number of thioether (sulfide) groups is 2. The molecule has 0 bridgehead atoms. The zero-order chi connectivity index (χ0) is 17.4. The van der Waals surface area contributed by atoms with E-state index < -0.39 is 18.0 Å². The number of amides is 1. The Kier molecular flexibility index (Phi) is 5.09. The predicted molar refractivity (Wildman–Crippen MR) is 91.6 cm³/mol. The van der Waals surface area contributed by atoms with Crippen LogP contribution in [0.5, 0.6) is 0 Å². The summed E-state index contributed by atoms with van der Waals surface area (Å²) < 4.78 is 5.63. The Morgan fingerprint density at radius 3 is 2.92 bits per heavy atom. The normalized spacial score (nSPS) is 30.5. The summed E-state index contributed by atoms with van der Waals surface area (Å²) in [6, 6.07) is 0. The van der Waals surface area contributed by atoms with Crippen molar-refractivity contribution in [2.45, 2.75) is 23.7 Å². The lowest BCUT2D eigenvalue weighted by Crippen LogP contribution is -2.60. The number of aliphatic hydroxyl groups excluding tert-OH is 1. The number of β-lactam (4-membered cyclic amide) rings is 1. The highest BCUT2D eigenvalue weighted by Gasteiger charge is 2.57. The zero-order valence-electron chi connectivity index (χ0n) is 13.3. The SMILES string of the molecule is COCC1=NCC(SC2=C(C(=O)O)N3C(=O)C(C(C)O)[C@H]3S2)CN1. The van der Waals surface area contributed by atoms with Crippen molar-refractivity contribution in [3.63, 3.8) is 0 Å². The topological polar surface area (TPSA) is 111 Å². The Hall–Kier alpha value is -1.23. The molecule has 24 heavy (non-hydrogen) atoms. The number of hydrogen-bond acceptors (Lipinski definition) is 8. The summed E-state index contributed by atoms with van der Waals surface area (Å²) in [5.41, 5.74) is 0.0311. The lowest BCUT2D eigenvalue weighted by molar-refractivity contribution is -0.156. The number of ether oxygens (including phenoxy) is 1. The van der Waals surface area contributed by atoms with E-state index in [1.807, 2.05) is 0 Å². The number of amidine groups is 1. The molecule has 4 atom stereocenters. The maximum Gasteiger partial charge on any atom is 0.354 e. The molecule has 3 unspecified atom stereocenters. The predicted octanol–water partition coefficient (Wildman–Crippen LogP) is -0.0979. The molecule has 0 aromatic rings. The van der Waals surface area contributed by atoms with E-state index in [0.29, 0.717) is 23.9 Å². The molecule has 0 saturated carbocycles. The summed E-state index contributed by atoms with van der Waals surface area (Å²) in [4.78, 5) is 29.4. The number of nitrogens with zero attached hydrogens (tertiary/aromatic N) is 2. The van der Waals surface area contributed by atoms with Crippen LogP contribution in [0.25, 0.3) is 0 Å². The number of carbonyl (C=O) groups is 2. The maximum atomic E-state index is 12.1. The van der Waals surface area contributed by atoms with Gasteiger partial charge in [-0.1, -0.05) is 11.8 Å². The molecule has 1 saturated heterocycles. The van der Waals surface area contributed by atoms with E-state index in [4.69, 9.17) is 4.74 Å². The Balaban J connectivity index is 1.72. The second kappa shape index (κ2) is 6.95. The standard InChI is InChI=1S/C14H19N3O5S2/c1-6(18)9-11(19)17-10(13(20)21)14(24-12(9)17)23-7-3-15-8(5-22-2)16-4-7/h6-7,9,12,18H,3-5H2,1-2H3,(H,15,16)(H,20,21)/t6?,9?,12-/m1/s1. The van der Waals surface area contributed by atoms with Crippen molar-refractivity contribution < 1.29 is 24.5 Å². The van der Waals surface area contributed by atoms with Gasteiger partial charge in [0, 0.05) is 18.9 Å². The van der Waals surface area contributed by atoms with Gasteiger partial charge in [0.2, 0.25) is 5.91 Å². The minimum atomic E-state index is -1.11. The number of aliphatic hydroxyl groups is 1. The molecule has 3 aliphatic rings. The van der Waals surface area contributed by atoms with E-state index >= 15 is 0 Å². The number of hydrogen-bond donors (Lipinski definition) is 3. The van der Waals surface area contributed by atoms with E-state index in [-0.39, 0.29) is 22.2 Å². The van der Waals surface area contributed by atoms with Gasteiger partial charge in [-0.2, -0.15) is 0 Å². The molecule has 8 nitrogen and oxygen atoms in total. The summed E-state index contributed by atoms with van der Waals surface area (Å²) >= 11 is 2.77. The number of nitrogens with one attached hydrogen (secondary N) is 1. The van der Waals surface area contributed by atoms with Gasteiger partial charge in [-0.15, -0.1) is 11.8 Å². The van der Waals surface area contributed by atoms with Crippen LogP contribution in [0.2, 0.25) is 0 Å². The minimum absolute atomic E-state index is 0.0311. The van der Waals surface area contributed by atoms with Gasteiger partial charge in [-0.3, -0.25) is 14.7 Å². The molecule has 3 N–H and O–H groups in total. The summed E-state index contributed by atoms with van der Waals surface area (Å²) in [6.07, 6.45) is -0.789. The fourth-order valence-corrected chi connectivity index (χ4v) is 6.02. The van der Waals surface area contributed by atoms with Gasteiger partial charge in [0.1, 0.15) is 17.8 Å². The largest absolute Gasteiger partial charge is 0.477 e. The van der Waals surface area contributed by atoms with Crippen LogP contribution < -0.4 is 5.32 Å². The first kappa shape index (κ1) is 17.6. The van der Waals surface area contributed by atoms with Crippen LogP contribution in [0.1, 0.15) is 6.92 Å². The first-order valence-electron chi connectivity index (χ1n) is 7.52. The fraction of sp³-hybridized carbons (Fsp3) is 0.643. The van der Waals surface area contributed by atoms with Gasteiger partial charge in [0.25, 0.3) is 0 Å². The van der Waals surface area contributed by atoms with Crippen molar-refractivity contribution >= 4 is 41.2 Å². The number of aliphatic carboxylic acids is 1.